The summed E-state index contributed by atoms with van der Waals surface area (Å²) in [6.07, 6.45) is 1.33. The lowest BCUT2D eigenvalue weighted by molar-refractivity contribution is 1.13. The third kappa shape index (κ3) is 4.43. The standard InChI is InChI=1S/C11H20Si2/c1-10-4-6-11(7-5-10)8-9-12-13(2)3/h4-7,13H,8-9,12H2,1-3H3. The van der Waals surface area contributed by atoms with Gasteiger partial charge >= 0.3 is 0 Å². The molecule has 0 amide bonds. The van der Waals surface area contributed by atoms with Crippen molar-refractivity contribution in [1.82, 2.24) is 0 Å². The van der Waals surface area contributed by atoms with Gasteiger partial charge in [-0.25, -0.2) is 0 Å². The zero-order valence-electron chi connectivity index (χ0n) is 9.01. The Morgan fingerprint density at radius 2 is 1.77 bits per heavy atom. The molecule has 0 heterocycles. The van der Waals surface area contributed by atoms with Gasteiger partial charge in [0.1, 0.15) is 0 Å². The van der Waals surface area contributed by atoms with Crippen LogP contribution in [0, 0.1) is 6.92 Å². The monoisotopic (exact) mass is 208 g/mol. The molecule has 0 aliphatic carbocycles. The highest BCUT2D eigenvalue weighted by Gasteiger charge is 1.97. The average molecular weight is 208 g/mol. The van der Waals surface area contributed by atoms with Gasteiger partial charge in [0, 0.05) is 17.4 Å². The van der Waals surface area contributed by atoms with E-state index in [-0.39, 0.29) is 8.31 Å². The van der Waals surface area contributed by atoms with Crippen molar-refractivity contribution in [3.63, 3.8) is 0 Å². The van der Waals surface area contributed by atoms with E-state index in [1.807, 2.05) is 0 Å². The van der Waals surface area contributed by atoms with Crippen LogP contribution in [0.1, 0.15) is 11.1 Å². The zero-order chi connectivity index (χ0) is 9.68. The first-order valence-corrected chi connectivity index (χ1v) is 11.8. The summed E-state index contributed by atoms with van der Waals surface area (Å²) in [4.78, 5) is 0. The molecule has 1 aromatic rings. The highest BCUT2D eigenvalue weighted by atomic mass is 29.2. The van der Waals surface area contributed by atoms with Crippen LogP contribution in [0.4, 0.5) is 0 Å². The van der Waals surface area contributed by atoms with Gasteiger partial charge in [-0.3, -0.25) is 0 Å². The molecule has 0 aliphatic heterocycles. The normalized spacial score (nSPS) is 11.7. The Hall–Kier alpha value is -0.346. The maximum Gasteiger partial charge on any atom is 0.0180 e. The average Bonchev–Trinajstić information content (AvgIpc) is 2.08. The van der Waals surface area contributed by atoms with Gasteiger partial charge in [-0.1, -0.05) is 49.0 Å². The first kappa shape index (κ1) is 10.7. The van der Waals surface area contributed by atoms with Crippen LogP contribution in [0.3, 0.4) is 0 Å². The minimum atomic E-state index is -0.183. The van der Waals surface area contributed by atoms with Crippen molar-refractivity contribution >= 4 is 17.4 Å². The summed E-state index contributed by atoms with van der Waals surface area (Å²) in [5, 5.41) is 0. The van der Waals surface area contributed by atoms with Gasteiger partial charge in [-0.2, -0.15) is 0 Å². The largest absolute Gasteiger partial charge is 0.0745 e. The molecule has 13 heavy (non-hydrogen) atoms. The summed E-state index contributed by atoms with van der Waals surface area (Å²) in [6.45, 7) is 7.13. The van der Waals surface area contributed by atoms with Crippen molar-refractivity contribution in [2.75, 3.05) is 0 Å². The second kappa shape index (κ2) is 5.40. The highest BCUT2D eigenvalue weighted by Crippen LogP contribution is 2.05. The molecule has 0 saturated heterocycles. The summed E-state index contributed by atoms with van der Waals surface area (Å²) in [5.41, 5.74) is 2.91. The molecule has 72 valence electrons. The molecular formula is C11H20Si2. The second-order valence-electron chi connectivity index (χ2n) is 4.27. The van der Waals surface area contributed by atoms with Gasteiger partial charge in [-0.15, -0.1) is 0 Å². The molecule has 0 N–H and O–H groups in total. The Morgan fingerprint density at radius 3 is 2.31 bits per heavy atom. The van der Waals surface area contributed by atoms with Gasteiger partial charge in [0.25, 0.3) is 0 Å². The van der Waals surface area contributed by atoms with Crippen molar-refractivity contribution in [2.45, 2.75) is 32.5 Å². The van der Waals surface area contributed by atoms with Crippen LogP contribution < -0.4 is 0 Å². The minimum absolute atomic E-state index is 0.183. The van der Waals surface area contributed by atoms with Crippen molar-refractivity contribution < 1.29 is 0 Å². The highest BCUT2D eigenvalue weighted by molar-refractivity contribution is 7.11. The van der Waals surface area contributed by atoms with Crippen LogP contribution in [0.2, 0.25) is 19.1 Å². The third-order valence-corrected chi connectivity index (χ3v) is 8.97. The van der Waals surface area contributed by atoms with E-state index in [4.69, 9.17) is 0 Å². The van der Waals surface area contributed by atoms with E-state index >= 15 is 0 Å². The number of hydrogen-bond donors (Lipinski definition) is 0. The van der Waals surface area contributed by atoms with Crippen LogP contribution >= 0.6 is 0 Å². The van der Waals surface area contributed by atoms with Crippen LogP contribution in [0.15, 0.2) is 24.3 Å². The van der Waals surface area contributed by atoms with E-state index in [0.29, 0.717) is 9.04 Å². The first-order valence-electron chi connectivity index (χ1n) is 5.24. The first-order chi connectivity index (χ1) is 6.18. The molecule has 2 heteroatoms. The van der Waals surface area contributed by atoms with Gasteiger partial charge < -0.3 is 0 Å². The summed E-state index contributed by atoms with van der Waals surface area (Å²) in [7, 11) is 0.149. The van der Waals surface area contributed by atoms with Gasteiger partial charge in [-0.05, 0) is 18.9 Å². The Morgan fingerprint density at radius 1 is 1.15 bits per heavy atom. The van der Waals surface area contributed by atoms with Gasteiger partial charge in [0.2, 0.25) is 0 Å². The third-order valence-electron chi connectivity index (χ3n) is 2.37. The number of hydrogen-bond acceptors (Lipinski definition) is 0. The molecule has 0 saturated carbocycles. The number of rotatable bonds is 4. The fraction of sp³-hybridized carbons (Fsp3) is 0.455. The topological polar surface area (TPSA) is 0 Å². The molecule has 0 nitrogen and oxygen atoms in total. The van der Waals surface area contributed by atoms with E-state index < -0.39 is 0 Å². The predicted octanol–water partition coefficient (Wildman–Crippen LogP) is 2.11. The van der Waals surface area contributed by atoms with Crippen LogP contribution in [0.5, 0.6) is 0 Å². The lowest BCUT2D eigenvalue weighted by atomic mass is 10.1. The van der Waals surface area contributed by atoms with E-state index in [1.165, 1.54) is 23.6 Å². The Kier molecular flexibility index (Phi) is 4.46. The minimum Gasteiger partial charge on any atom is -0.0745 e. The molecule has 0 unspecified atom stereocenters. The predicted molar refractivity (Wildman–Crippen MR) is 67.1 cm³/mol. The molecule has 0 radical (unpaired) electrons. The van der Waals surface area contributed by atoms with Crippen molar-refractivity contribution in [3.8, 4) is 0 Å². The van der Waals surface area contributed by atoms with Crippen molar-refractivity contribution in [2.24, 2.45) is 0 Å². The lowest BCUT2D eigenvalue weighted by Gasteiger charge is -2.03. The zero-order valence-corrected chi connectivity index (χ0v) is 11.6. The molecule has 0 aliphatic rings. The Balaban J connectivity index is 2.33. The summed E-state index contributed by atoms with van der Waals surface area (Å²) in [5.74, 6) is 0. The lowest BCUT2D eigenvalue weighted by Crippen LogP contribution is -2.12. The van der Waals surface area contributed by atoms with Crippen LogP contribution in [-0.4, -0.2) is 17.4 Å². The maximum atomic E-state index is 2.49. The van der Waals surface area contributed by atoms with E-state index in [1.54, 1.807) is 0 Å². The summed E-state index contributed by atoms with van der Waals surface area (Å²) >= 11 is 0. The van der Waals surface area contributed by atoms with E-state index in [2.05, 4.69) is 44.3 Å². The quantitative estimate of drug-likeness (QED) is 0.665. The molecule has 1 rings (SSSR count). The molecule has 0 atom stereocenters. The molecule has 1 aromatic carbocycles. The maximum absolute atomic E-state index is 2.49. The van der Waals surface area contributed by atoms with Gasteiger partial charge in [0.05, 0.1) is 0 Å². The second-order valence-corrected chi connectivity index (χ2v) is 15.0. The van der Waals surface area contributed by atoms with E-state index in [9.17, 15) is 0 Å². The fourth-order valence-corrected chi connectivity index (χ4v) is 5.96. The molecule has 0 spiro atoms. The van der Waals surface area contributed by atoms with Crippen molar-refractivity contribution in [3.05, 3.63) is 35.4 Å². The van der Waals surface area contributed by atoms with E-state index in [0.717, 1.165) is 0 Å². The Bertz CT molecular complexity index is 239. The Labute approximate surface area is 85.6 Å². The SMILES string of the molecule is Cc1ccc(CC[SiH2][SiH](C)C)cc1. The van der Waals surface area contributed by atoms with Gasteiger partial charge in [0.15, 0.2) is 0 Å². The summed E-state index contributed by atoms with van der Waals surface area (Å²) < 4.78 is 0. The molecule has 0 bridgehead atoms. The molecular weight excluding hydrogens is 188 g/mol. The van der Waals surface area contributed by atoms with Crippen LogP contribution in [-0.2, 0) is 6.42 Å². The number of benzene rings is 1. The molecule has 0 aromatic heterocycles. The molecule has 0 fully saturated rings. The smallest absolute Gasteiger partial charge is 0.0180 e. The number of aryl methyl sites for hydroxylation is 2. The van der Waals surface area contributed by atoms with Crippen LogP contribution in [0.25, 0.3) is 0 Å². The van der Waals surface area contributed by atoms with Crippen molar-refractivity contribution in [1.29, 1.82) is 0 Å². The fourth-order valence-electron chi connectivity index (χ4n) is 1.47. The summed E-state index contributed by atoms with van der Waals surface area (Å²) in [6, 6.07) is 10.5.